The van der Waals surface area contributed by atoms with Gasteiger partial charge in [-0.3, -0.25) is 9.59 Å². The molecule has 0 saturated heterocycles. The highest BCUT2D eigenvalue weighted by molar-refractivity contribution is 5.96. The average Bonchev–Trinajstić information content (AvgIpc) is 3.00. The Bertz CT molecular complexity index is 562. The molecule has 1 saturated carbocycles. The summed E-state index contributed by atoms with van der Waals surface area (Å²) in [6.45, 7) is 2.36. The molecule has 0 aromatic heterocycles. The summed E-state index contributed by atoms with van der Waals surface area (Å²) in [6.07, 6.45) is 6.30. The second-order valence-electron chi connectivity index (χ2n) is 6.09. The van der Waals surface area contributed by atoms with Gasteiger partial charge in [-0.15, -0.1) is 0 Å². The molecule has 0 radical (unpaired) electrons. The molecule has 1 aromatic carbocycles. The van der Waals surface area contributed by atoms with Crippen molar-refractivity contribution in [1.29, 1.82) is 0 Å². The minimum Gasteiger partial charge on any atom is -0.326 e. The lowest BCUT2D eigenvalue weighted by molar-refractivity contribution is -0.119. The molecule has 1 fully saturated rings. The minimum atomic E-state index is 0.0650. The molecule has 1 N–H and O–H groups in total. The van der Waals surface area contributed by atoms with Gasteiger partial charge in [0, 0.05) is 30.8 Å². The molecule has 1 aromatic rings. The number of carbonyl (C=O) groups excluding carboxylic acids is 2. The Morgan fingerprint density at radius 2 is 1.95 bits per heavy atom. The SMILES string of the molecule is CC(=O)N1CCCc2ccc(NC(=O)C3CCCC3)cc21. The van der Waals surface area contributed by atoms with Gasteiger partial charge in [0.05, 0.1) is 0 Å². The molecule has 2 amide bonds. The van der Waals surface area contributed by atoms with Crippen LogP contribution in [0.2, 0.25) is 0 Å². The van der Waals surface area contributed by atoms with Crippen molar-refractivity contribution in [2.24, 2.45) is 5.92 Å². The number of nitrogens with zero attached hydrogens (tertiary/aromatic N) is 1. The lowest BCUT2D eigenvalue weighted by Gasteiger charge is -2.29. The number of carbonyl (C=O) groups is 2. The van der Waals surface area contributed by atoms with Gasteiger partial charge in [0.1, 0.15) is 0 Å². The van der Waals surface area contributed by atoms with Crippen LogP contribution in [0.5, 0.6) is 0 Å². The monoisotopic (exact) mass is 286 g/mol. The predicted octanol–water partition coefficient (Wildman–Crippen LogP) is 3.11. The van der Waals surface area contributed by atoms with Gasteiger partial charge in [-0.25, -0.2) is 0 Å². The van der Waals surface area contributed by atoms with Crippen molar-refractivity contribution >= 4 is 23.2 Å². The fourth-order valence-corrected chi connectivity index (χ4v) is 3.41. The van der Waals surface area contributed by atoms with Crippen LogP contribution in [0.3, 0.4) is 0 Å². The fraction of sp³-hybridized carbons (Fsp3) is 0.529. The highest BCUT2D eigenvalue weighted by Crippen LogP contribution is 2.31. The van der Waals surface area contributed by atoms with Crippen LogP contribution in [0.1, 0.15) is 44.6 Å². The van der Waals surface area contributed by atoms with Crippen molar-refractivity contribution in [3.05, 3.63) is 23.8 Å². The Balaban J connectivity index is 1.79. The third-order valence-corrected chi connectivity index (χ3v) is 4.58. The van der Waals surface area contributed by atoms with E-state index in [1.807, 2.05) is 23.1 Å². The molecular formula is C17H22N2O2. The number of rotatable bonds is 2. The van der Waals surface area contributed by atoms with E-state index in [1.165, 1.54) is 5.56 Å². The van der Waals surface area contributed by atoms with Crippen LogP contribution in [0.25, 0.3) is 0 Å². The third-order valence-electron chi connectivity index (χ3n) is 4.58. The van der Waals surface area contributed by atoms with Crippen molar-refractivity contribution in [2.75, 3.05) is 16.8 Å². The van der Waals surface area contributed by atoms with Crippen molar-refractivity contribution in [1.82, 2.24) is 0 Å². The molecular weight excluding hydrogens is 264 g/mol. The predicted molar refractivity (Wildman–Crippen MR) is 83.4 cm³/mol. The maximum atomic E-state index is 12.2. The summed E-state index contributed by atoms with van der Waals surface area (Å²) in [5.41, 5.74) is 2.95. The first-order valence-corrected chi connectivity index (χ1v) is 7.87. The van der Waals surface area contributed by atoms with E-state index >= 15 is 0 Å². The zero-order valence-corrected chi connectivity index (χ0v) is 12.5. The van der Waals surface area contributed by atoms with Crippen molar-refractivity contribution in [3.8, 4) is 0 Å². The van der Waals surface area contributed by atoms with E-state index in [9.17, 15) is 9.59 Å². The summed E-state index contributed by atoms with van der Waals surface area (Å²) in [5, 5.41) is 3.02. The highest BCUT2D eigenvalue weighted by Gasteiger charge is 2.24. The molecule has 112 valence electrons. The van der Waals surface area contributed by atoms with Crippen molar-refractivity contribution in [3.63, 3.8) is 0 Å². The van der Waals surface area contributed by atoms with E-state index in [4.69, 9.17) is 0 Å². The van der Waals surface area contributed by atoms with Crippen LogP contribution >= 0.6 is 0 Å². The van der Waals surface area contributed by atoms with Gasteiger partial charge >= 0.3 is 0 Å². The van der Waals surface area contributed by atoms with Crippen LogP contribution in [0, 0.1) is 5.92 Å². The Labute approximate surface area is 125 Å². The van der Waals surface area contributed by atoms with Gasteiger partial charge in [0.15, 0.2) is 0 Å². The van der Waals surface area contributed by atoms with Gasteiger partial charge in [0.2, 0.25) is 11.8 Å². The van der Waals surface area contributed by atoms with E-state index in [0.29, 0.717) is 0 Å². The Morgan fingerprint density at radius 3 is 2.67 bits per heavy atom. The first kappa shape index (κ1) is 14.1. The van der Waals surface area contributed by atoms with Crippen molar-refractivity contribution < 1.29 is 9.59 Å². The maximum absolute atomic E-state index is 12.2. The van der Waals surface area contributed by atoms with Crippen LogP contribution in [0.4, 0.5) is 11.4 Å². The second-order valence-corrected chi connectivity index (χ2v) is 6.09. The lowest BCUT2D eigenvalue weighted by atomic mass is 10.0. The van der Waals surface area contributed by atoms with Gasteiger partial charge in [0.25, 0.3) is 0 Å². The van der Waals surface area contributed by atoms with Crippen LogP contribution < -0.4 is 10.2 Å². The number of fused-ring (bicyclic) bond motifs is 1. The van der Waals surface area contributed by atoms with Gasteiger partial charge in [-0.2, -0.15) is 0 Å². The average molecular weight is 286 g/mol. The zero-order valence-electron chi connectivity index (χ0n) is 12.5. The minimum absolute atomic E-state index is 0.0650. The maximum Gasteiger partial charge on any atom is 0.227 e. The largest absolute Gasteiger partial charge is 0.326 e. The Kier molecular flexibility index (Phi) is 3.95. The number of benzene rings is 1. The van der Waals surface area contributed by atoms with Gasteiger partial charge < -0.3 is 10.2 Å². The summed E-state index contributed by atoms with van der Waals surface area (Å²) in [6, 6.07) is 5.94. The van der Waals surface area contributed by atoms with Crippen LogP contribution in [-0.4, -0.2) is 18.4 Å². The molecule has 0 bridgehead atoms. The quantitative estimate of drug-likeness (QED) is 0.908. The number of amides is 2. The molecule has 21 heavy (non-hydrogen) atoms. The number of hydrogen-bond donors (Lipinski definition) is 1. The van der Waals surface area contributed by atoms with E-state index in [-0.39, 0.29) is 17.7 Å². The molecule has 4 nitrogen and oxygen atoms in total. The molecule has 1 heterocycles. The molecule has 0 unspecified atom stereocenters. The topological polar surface area (TPSA) is 49.4 Å². The third kappa shape index (κ3) is 2.94. The normalized spacial score (nSPS) is 18.4. The van der Waals surface area contributed by atoms with Gasteiger partial charge in [-0.1, -0.05) is 18.9 Å². The fourth-order valence-electron chi connectivity index (χ4n) is 3.41. The standard InChI is InChI=1S/C17H22N2O2/c1-12(20)19-10-4-7-13-8-9-15(11-16(13)19)18-17(21)14-5-2-3-6-14/h8-9,11,14H,2-7,10H2,1H3,(H,18,21). The van der Waals surface area contributed by atoms with E-state index in [2.05, 4.69) is 5.32 Å². The first-order chi connectivity index (χ1) is 10.1. The Morgan fingerprint density at radius 1 is 1.19 bits per heavy atom. The lowest BCUT2D eigenvalue weighted by Crippen LogP contribution is -2.33. The van der Waals surface area contributed by atoms with Crippen molar-refractivity contribution in [2.45, 2.75) is 45.4 Å². The van der Waals surface area contributed by atoms with E-state index in [1.54, 1.807) is 6.92 Å². The molecule has 2 aliphatic rings. The van der Waals surface area contributed by atoms with Crippen LogP contribution in [0.15, 0.2) is 18.2 Å². The molecule has 3 rings (SSSR count). The molecule has 4 heteroatoms. The molecule has 1 aliphatic heterocycles. The molecule has 0 atom stereocenters. The summed E-state index contributed by atoms with van der Waals surface area (Å²) in [7, 11) is 0. The second kappa shape index (κ2) is 5.88. The Hall–Kier alpha value is -1.84. The van der Waals surface area contributed by atoms with Gasteiger partial charge in [-0.05, 0) is 43.4 Å². The summed E-state index contributed by atoms with van der Waals surface area (Å²) in [5.74, 6) is 0.345. The van der Waals surface area contributed by atoms with E-state index < -0.39 is 0 Å². The summed E-state index contributed by atoms with van der Waals surface area (Å²) < 4.78 is 0. The molecule has 1 aliphatic carbocycles. The summed E-state index contributed by atoms with van der Waals surface area (Å²) >= 11 is 0. The number of anilines is 2. The van der Waals surface area contributed by atoms with E-state index in [0.717, 1.165) is 56.4 Å². The van der Waals surface area contributed by atoms with Crippen LogP contribution in [-0.2, 0) is 16.0 Å². The highest BCUT2D eigenvalue weighted by atomic mass is 16.2. The smallest absolute Gasteiger partial charge is 0.227 e. The summed E-state index contributed by atoms with van der Waals surface area (Å²) in [4.78, 5) is 25.8. The number of nitrogens with one attached hydrogen (secondary N) is 1. The number of aryl methyl sites for hydroxylation is 1. The molecule has 0 spiro atoms. The first-order valence-electron chi connectivity index (χ1n) is 7.87. The zero-order chi connectivity index (χ0) is 14.8. The number of hydrogen-bond acceptors (Lipinski definition) is 2.